The summed E-state index contributed by atoms with van der Waals surface area (Å²) in [7, 11) is 3.38. The molecule has 96 valence electrons. The van der Waals surface area contributed by atoms with E-state index in [9.17, 15) is 4.79 Å². The fourth-order valence-electron chi connectivity index (χ4n) is 1.42. The van der Waals surface area contributed by atoms with Crippen molar-refractivity contribution in [2.75, 3.05) is 26.0 Å². The van der Waals surface area contributed by atoms with Crippen LogP contribution in [0.4, 0.5) is 9.93 Å². The number of ether oxygens (including phenoxy) is 1. The second-order valence-corrected chi connectivity index (χ2v) is 4.94. The van der Waals surface area contributed by atoms with Crippen molar-refractivity contribution in [3.63, 3.8) is 0 Å². The van der Waals surface area contributed by atoms with E-state index in [4.69, 9.17) is 4.74 Å². The van der Waals surface area contributed by atoms with Gasteiger partial charge >= 0.3 is 6.03 Å². The summed E-state index contributed by atoms with van der Waals surface area (Å²) in [4.78, 5) is 17.3. The van der Waals surface area contributed by atoms with E-state index in [0.29, 0.717) is 11.7 Å². The number of hydrogen-bond acceptors (Lipinski definition) is 4. The fraction of sp³-hybridized carbons (Fsp3) is 0.333. The van der Waals surface area contributed by atoms with Gasteiger partial charge in [-0.15, -0.1) is 0 Å². The molecular formula is C12H15N3O2S. The monoisotopic (exact) mass is 265 g/mol. The lowest BCUT2D eigenvalue weighted by Gasteiger charge is -2.08. The quantitative estimate of drug-likeness (QED) is 0.928. The molecule has 0 unspecified atom stereocenters. The average molecular weight is 265 g/mol. The molecule has 0 saturated heterocycles. The Bertz CT molecular complexity index is 565. The van der Waals surface area contributed by atoms with E-state index in [2.05, 4.69) is 10.3 Å². The van der Waals surface area contributed by atoms with Crippen molar-refractivity contribution in [3.05, 3.63) is 18.2 Å². The van der Waals surface area contributed by atoms with Gasteiger partial charge < -0.3 is 9.64 Å². The van der Waals surface area contributed by atoms with Crippen molar-refractivity contribution in [2.24, 2.45) is 0 Å². The van der Waals surface area contributed by atoms with Gasteiger partial charge in [0, 0.05) is 14.1 Å². The van der Waals surface area contributed by atoms with Crippen LogP contribution in [0.25, 0.3) is 10.2 Å². The van der Waals surface area contributed by atoms with Gasteiger partial charge in [-0.1, -0.05) is 11.3 Å². The summed E-state index contributed by atoms with van der Waals surface area (Å²) >= 11 is 1.43. The zero-order valence-electron chi connectivity index (χ0n) is 10.6. The molecule has 0 bridgehead atoms. The number of carbonyl (C=O) groups excluding carboxylic acids is 1. The molecule has 2 aromatic rings. The van der Waals surface area contributed by atoms with Crippen LogP contribution in [0, 0.1) is 0 Å². The highest BCUT2D eigenvalue weighted by molar-refractivity contribution is 7.22. The lowest BCUT2D eigenvalue weighted by Crippen LogP contribution is -2.27. The molecular weight excluding hydrogens is 250 g/mol. The number of aromatic nitrogens is 1. The van der Waals surface area contributed by atoms with E-state index >= 15 is 0 Å². The molecule has 18 heavy (non-hydrogen) atoms. The Hall–Kier alpha value is -1.82. The second-order valence-electron chi connectivity index (χ2n) is 3.91. The summed E-state index contributed by atoms with van der Waals surface area (Å²) in [6, 6.07) is 5.52. The van der Waals surface area contributed by atoms with Crippen LogP contribution in [0.5, 0.6) is 5.75 Å². The molecule has 2 rings (SSSR count). The molecule has 2 amide bonds. The molecule has 1 heterocycles. The Labute approximate surface area is 109 Å². The number of benzene rings is 1. The third kappa shape index (κ3) is 2.70. The predicted octanol–water partition coefficient (Wildman–Crippen LogP) is 2.79. The smallest absolute Gasteiger partial charge is 0.323 e. The molecule has 0 radical (unpaired) electrons. The first-order valence-corrected chi connectivity index (χ1v) is 6.43. The largest absolute Gasteiger partial charge is 0.494 e. The van der Waals surface area contributed by atoms with Gasteiger partial charge in [-0.3, -0.25) is 5.32 Å². The van der Waals surface area contributed by atoms with Crippen LogP contribution < -0.4 is 10.1 Å². The molecule has 6 heteroatoms. The first-order valence-electron chi connectivity index (χ1n) is 5.62. The molecule has 0 fully saturated rings. The van der Waals surface area contributed by atoms with Crippen molar-refractivity contribution in [1.29, 1.82) is 0 Å². The van der Waals surface area contributed by atoms with Crippen molar-refractivity contribution < 1.29 is 9.53 Å². The van der Waals surface area contributed by atoms with Gasteiger partial charge in [0.05, 0.1) is 16.8 Å². The fourth-order valence-corrected chi connectivity index (χ4v) is 2.30. The summed E-state index contributed by atoms with van der Waals surface area (Å²) in [5.41, 5.74) is 0.859. The van der Waals surface area contributed by atoms with Gasteiger partial charge in [-0.2, -0.15) is 0 Å². The minimum absolute atomic E-state index is 0.181. The van der Waals surface area contributed by atoms with Gasteiger partial charge in [-0.05, 0) is 25.1 Å². The molecule has 0 aliphatic rings. The molecule has 0 atom stereocenters. The Kier molecular flexibility index (Phi) is 3.66. The average Bonchev–Trinajstić information content (AvgIpc) is 2.70. The Morgan fingerprint density at radius 1 is 1.50 bits per heavy atom. The Morgan fingerprint density at radius 3 is 2.94 bits per heavy atom. The van der Waals surface area contributed by atoms with Crippen molar-refractivity contribution >= 4 is 32.7 Å². The second kappa shape index (κ2) is 5.22. The van der Waals surface area contributed by atoms with Crippen LogP contribution in [0.15, 0.2) is 18.2 Å². The molecule has 1 N–H and O–H groups in total. The number of carbonyl (C=O) groups is 1. The van der Waals surface area contributed by atoms with E-state index in [-0.39, 0.29) is 6.03 Å². The zero-order valence-corrected chi connectivity index (χ0v) is 11.4. The molecule has 0 saturated carbocycles. The highest BCUT2D eigenvalue weighted by Crippen LogP contribution is 2.29. The molecule has 5 nitrogen and oxygen atoms in total. The van der Waals surface area contributed by atoms with E-state index < -0.39 is 0 Å². The summed E-state index contributed by atoms with van der Waals surface area (Å²) in [6.45, 7) is 2.58. The lowest BCUT2D eigenvalue weighted by atomic mass is 10.3. The number of rotatable bonds is 3. The van der Waals surface area contributed by atoms with E-state index in [0.717, 1.165) is 16.0 Å². The maximum atomic E-state index is 11.5. The number of urea groups is 1. The zero-order chi connectivity index (χ0) is 13.1. The number of fused-ring (bicyclic) bond motifs is 1. The van der Waals surface area contributed by atoms with Crippen molar-refractivity contribution in [1.82, 2.24) is 9.88 Å². The molecule has 0 aliphatic heterocycles. The third-order valence-electron chi connectivity index (χ3n) is 2.29. The van der Waals surface area contributed by atoms with Crippen LogP contribution >= 0.6 is 11.3 Å². The first kappa shape index (κ1) is 12.6. The molecule has 0 aliphatic carbocycles. The highest BCUT2D eigenvalue weighted by atomic mass is 32.1. The van der Waals surface area contributed by atoms with Gasteiger partial charge in [0.2, 0.25) is 0 Å². The van der Waals surface area contributed by atoms with Gasteiger partial charge in [0.25, 0.3) is 0 Å². The maximum absolute atomic E-state index is 11.5. The van der Waals surface area contributed by atoms with Gasteiger partial charge in [0.1, 0.15) is 5.75 Å². The Morgan fingerprint density at radius 2 is 2.28 bits per heavy atom. The van der Waals surface area contributed by atoms with E-state index in [1.165, 1.54) is 16.2 Å². The van der Waals surface area contributed by atoms with Gasteiger partial charge in [-0.25, -0.2) is 9.78 Å². The van der Waals surface area contributed by atoms with Crippen LogP contribution in [-0.2, 0) is 0 Å². The number of amides is 2. The van der Waals surface area contributed by atoms with Crippen LogP contribution in [0.2, 0.25) is 0 Å². The minimum Gasteiger partial charge on any atom is -0.494 e. The van der Waals surface area contributed by atoms with Crippen molar-refractivity contribution in [3.8, 4) is 5.75 Å². The third-order valence-corrected chi connectivity index (χ3v) is 3.22. The maximum Gasteiger partial charge on any atom is 0.323 e. The number of nitrogens with zero attached hydrogens (tertiary/aromatic N) is 2. The molecule has 1 aromatic heterocycles. The Balaban J connectivity index is 2.24. The van der Waals surface area contributed by atoms with E-state index in [1.54, 1.807) is 14.1 Å². The number of thiazole rings is 1. The summed E-state index contributed by atoms with van der Waals surface area (Å²) in [5.74, 6) is 0.819. The number of nitrogens with one attached hydrogen (secondary N) is 1. The summed E-state index contributed by atoms with van der Waals surface area (Å²) in [5, 5.41) is 3.33. The van der Waals surface area contributed by atoms with Crippen LogP contribution in [0.3, 0.4) is 0 Å². The molecule has 1 aromatic carbocycles. The SMILES string of the molecule is CCOc1ccc2nc(NC(=O)N(C)C)sc2c1. The van der Waals surface area contributed by atoms with Crippen LogP contribution in [-0.4, -0.2) is 36.6 Å². The highest BCUT2D eigenvalue weighted by Gasteiger charge is 2.09. The molecule has 0 spiro atoms. The summed E-state index contributed by atoms with van der Waals surface area (Å²) < 4.78 is 6.42. The van der Waals surface area contributed by atoms with Crippen molar-refractivity contribution in [2.45, 2.75) is 6.92 Å². The number of hydrogen-bond donors (Lipinski definition) is 1. The number of anilines is 1. The summed E-state index contributed by atoms with van der Waals surface area (Å²) in [6.07, 6.45) is 0. The normalized spacial score (nSPS) is 10.4. The van der Waals surface area contributed by atoms with Crippen LogP contribution in [0.1, 0.15) is 6.92 Å². The first-order chi connectivity index (χ1) is 8.60. The standard InChI is InChI=1S/C12H15N3O2S/c1-4-17-8-5-6-9-10(7-8)18-11(13-9)14-12(16)15(2)3/h5-7H,4H2,1-3H3,(H,13,14,16). The van der Waals surface area contributed by atoms with E-state index in [1.807, 2.05) is 25.1 Å². The predicted molar refractivity (Wildman–Crippen MR) is 73.5 cm³/mol. The van der Waals surface area contributed by atoms with Gasteiger partial charge in [0.15, 0.2) is 5.13 Å². The topological polar surface area (TPSA) is 54.5 Å². The lowest BCUT2D eigenvalue weighted by molar-refractivity contribution is 0.230. The minimum atomic E-state index is -0.181.